The van der Waals surface area contributed by atoms with Crippen molar-refractivity contribution < 1.29 is 0 Å². The van der Waals surface area contributed by atoms with Crippen LogP contribution in [0.2, 0.25) is 0 Å². The molecule has 1 aliphatic carbocycles. The summed E-state index contributed by atoms with van der Waals surface area (Å²) in [6.07, 6.45) is 7.61. The van der Waals surface area contributed by atoms with Gasteiger partial charge < -0.3 is 0 Å². The number of hydrogen-bond donors (Lipinski definition) is 0. The Hall–Kier alpha value is -0.260. The Morgan fingerprint density at radius 2 is 1.67 bits per heavy atom. The molecule has 0 nitrogen and oxygen atoms in total. The van der Waals surface area contributed by atoms with Gasteiger partial charge in [-0.2, -0.15) is 0 Å². The molecule has 0 N–H and O–H groups in total. The molecule has 0 radical (unpaired) electrons. The zero-order valence-electron chi connectivity index (χ0n) is 9.19. The fourth-order valence-corrected chi connectivity index (χ4v) is 1.63. The van der Waals surface area contributed by atoms with E-state index in [-0.39, 0.29) is 0 Å². The molecule has 1 aliphatic rings. The van der Waals surface area contributed by atoms with Crippen LogP contribution in [-0.2, 0) is 0 Å². The molecule has 1 saturated carbocycles. The summed E-state index contributed by atoms with van der Waals surface area (Å²) >= 11 is 0. The molecule has 0 bridgehead atoms. The standard InChI is InChI=1S/C10H18.C2H6/c1-4-10(3)7-5-9(2)6-8-10;1-2/h4,9H,1,5-8H2,2-3H3;1-2H3. The van der Waals surface area contributed by atoms with Gasteiger partial charge in [0.2, 0.25) is 0 Å². The predicted octanol–water partition coefficient (Wildman–Crippen LogP) is 4.42. The van der Waals surface area contributed by atoms with Gasteiger partial charge in [0.1, 0.15) is 0 Å². The van der Waals surface area contributed by atoms with E-state index in [1.54, 1.807) is 0 Å². The molecule has 0 aromatic carbocycles. The second-order valence-corrected chi connectivity index (χ2v) is 4.04. The van der Waals surface area contributed by atoms with Gasteiger partial charge in [-0.1, -0.05) is 33.8 Å². The van der Waals surface area contributed by atoms with Crippen LogP contribution >= 0.6 is 0 Å². The van der Waals surface area contributed by atoms with Gasteiger partial charge in [-0.3, -0.25) is 0 Å². The van der Waals surface area contributed by atoms with E-state index >= 15 is 0 Å². The van der Waals surface area contributed by atoms with E-state index < -0.39 is 0 Å². The van der Waals surface area contributed by atoms with E-state index in [4.69, 9.17) is 0 Å². The minimum absolute atomic E-state index is 0.465. The Morgan fingerprint density at radius 1 is 1.25 bits per heavy atom. The lowest BCUT2D eigenvalue weighted by Gasteiger charge is -2.33. The first-order valence-electron chi connectivity index (χ1n) is 5.30. The molecule has 0 spiro atoms. The van der Waals surface area contributed by atoms with Crippen molar-refractivity contribution in [2.45, 2.75) is 53.4 Å². The predicted molar refractivity (Wildman–Crippen MR) is 57.3 cm³/mol. The average Bonchev–Trinajstić information content (AvgIpc) is 2.14. The van der Waals surface area contributed by atoms with Crippen molar-refractivity contribution in [3.05, 3.63) is 12.7 Å². The van der Waals surface area contributed by atoms with Crippen molar-refractivity contribution >= 4 is 0 Å². The summed E-state index contributed by atoms with van der Waals surface area (Å²) in [5, 5.41) is 0. The lowest BCUT2D eigenvalue weighted by molar-refractivity contribution is 0.234. The van der Waals surface area contributed by atoms with Crippen molar-refractivity contribution in [3.63, 3.8) is 0 Å². The first-order valence-corrected chi connectivity index (χ1v) is 5.30. The summed E-state index contributed by atoms with van der Waals surface area (Å²) in [6, 6.07) is 0. The molecule has 0 aromatic heterocycles. The lowest BCUT2D eigenvalue weighted by Crippen LogP contribution is -2.20. The molecule has 0 heteroatoms. The normalized spacial score (nSPS) is 34.8. The van der Waals surface area contributed by atoms with Crippen LogP contribution in [0.5, 0.6) is 0 Å². The molecule has 0 aliphatic heterocycles. The van der Waals surface area contributed by atoms with Gasteiger partial charge in [0, 0.05) is 0 Å². The van der Waals surface area contributed by atoms with E-state index in [0.717, 1.165) is 5.92 Å². The van der Waals surface area contributed by atoms with Crippen LogP contribution in [0, 0.1) is 11.3 Å². The minimum Gasteiger partial charge on any atom is -0.103 e. The van der Waals surface area contributed by atoms with Gasteiger partial charge in [0.05, 0.1) is 0 Å². The van der Waals surface area contributed by atoms with E-state index in [9.17, 15) is 0 Å². The third-order valence-electron chi connectivity index (χ3n) is 2.91. The SMILES string of the molecule is C=CC1(C)CCC(C)CC1.CC. The van der Waals surface area contributed by atoms with Crippen LogP contribution in [-0.4, -0.2) is 0 Å². The minimum atomic E-state index is 0.465. The summed E-state index contributed by atoms with van der Waals surface area (Å²) in [5.74, 6) is 0.952. The largest absolute Gasteiger partial charge is 0.103 e. The van der Waals surface area contributed by atoms with Crippen molar-refractivity contribution in [2.24, 2.45) is 11.3 Å². The van der Waals surface area contributed by atoms with Crippen LogP contribution in [0.1, 0.15) is 53.4 Å². The molecule has 1 rings (SSSR count). The number of hydrogen-bond acceptors (Lipinski definition) is 0. The summed E-state index contributed by atoms with van der Waals surface area (Å²) in [5.41, 5.74) is 0.465. The highest BCUT2D eigenvalue weighted by Crippen LogP contribution is 2.38. The quantitative estimate of drug-likeness (QED) is 0.509. The molecule has 12 heavy (non-hydrogen) atoms. The van der Waals surface area contributed by atoms with Crippen LogP contribution in [0.15, 0.2) is 12.7 Å². The second-order valence-electron chi connectivity index (χ2n) is 4.04. The highest BCUT2D eigenvalue weighted by molar-refractivity contribution is 4.94. The van der Waals surface area contributed by atoms with Crippen LogP contribution in [0.25, 0.3) is 0 Å². The van der Waals surface area contributed by atoms with E-state index in [0.29, 0.717) is 5.41 Å². The van der Waals surface area contributed by atoms with E-state index in [1.807, 2.05) is 13.8 Å². The Kier molecular flexibility index (Phi) is 5.28. The Balaban J connectivity index is 0.000000561. The van der Waals surface area contributed by atoms with Crippen LogP contribution in [0.4, 0.5) is 0 Å². The van der Waals surface area contributed by atoms with Gasteiger partial charge in [0.15, 0.2) is 0 Å². The Labute approximate surface area is 78.1 Å². The maximum atomic E-state index is 3.88. The van der Waals surface area contributed by atoms with Gasteiger partial charge in [-0.25, -0.2) is 0 Å². The molecule has 0 unspecified atom stereocenters. The first-order chi connectivity index (χ1) is 5.66. The first kappa shape index (κ1) is 11.7. The molecule has 0 atom stereocenters. The molecule has 72 valence electrons. The fourth-order valence-electron chi connectivity index (χ4n) is 1.63. The zero-order chi connectivity index (χ0) is 9.61. The maximum Gasteiger partial charge on any atom is -0.0149 e. The fraction of sp³-hybridized carbons (Fsp3) is 0.833. The highest BCUT2D eigenvalue weighted by Gasteiger charge is 2.25. The molecule has 0 aromatic rings. The van der Waals surface area contributed by atoms with Gasteiger partial charge in [-0.05, 0) is 37.0 Å². The average molecular weight is 168 g/mol. The van der Waals surface area contributed by atoms with Crippen molar-refractivity contribution in [2.75, 3.05) is 0 Å². The van der Waals surface area contributed by atoms with Gasteiger partial charge in [0.25, 0.3) is 0 Å². The monoisotopic (exact) mass is 168 g/mol. The number of allylic oxidation sites excluding steroid dienone is 1. The third-order valence-corrected chi connectivity index (χ3v) is 2.91. The van der Waals surface area contributed by atoms with Crippen molar-refractivity contribution in [3.8, 4) is 0 Å². The third kappa shape index (κ3) is 3.42. The summed E-state index contributed by atoms with van der Waals surface area (Å²) in [7, 11) is 0. The summed E-state index contributed by atoms with van der Waals surface area (Å²) in [6.45, 7) is 12.6. The Morgan fingerprint density at radius 3 is 2.00 bits per heavy atom. The van der Waals surface area contributed by atoms with E-state index in [2.05, 4.69) is 26.5 Å². The summed E-state index contributed by atoms with van der Waals surface area (Å²) < 4.78 is 0. The van der Waals surface area contributed by atoms with Gasteiger partial charge in [-0.15, -0.1) is 6.58 Å². The highest BCUT2D eigenvalue weighted by atomic mass is 14.3. The molecule has 0 saturated heterocycles. The van der Waals surface area contributed by atoms with Crippen molar-refractivity contribution in [1.29, 1.82) is 0 Å². The molecular weight excluding hydrogens is 144 g/mol. The smallest absolute Gasteiger partial charge is 0.0149 e. The molecular formula is C12H24. The number of rotatable bonds is 1. The summed E-state index contributed by atoms with van der Waals surface area (Å²) in [4.78, 5) is 0. The second kappa shape index (κ2) is 5.40. The van der Waals surface area contributed by atoms with Crippen LogP contribution in [0.3, 0.4) is 0 Å². The van der Waals surface area contributed by atoms with Gasteiger partial charge >= 0.3 is 0 Å². The molecule has 1 fully saturated rings. The van der Waals surface area contributed by atoms with Crippen molar-refractivity contribution in [1.82, 2.24) is 0 Å². The van der Waals surface area contributed by atoms with Crippen LogP contribution < -0.4 is 0 Å². The van der Waals surface area contributed by atoms with E-state index in [1.165, 1.54) is 25.7 Å². The maximum absolute atomic E-state index is 3.88. The molecule has 0 heterocycles. The lowest BCUT2D eigenvalue weighted by atomic mass is 9.72. The topological polar surface area (TPSA) is 0 Å². The zero-order valence-corrected chi connectivity index (χ0v) is 9.19. The molecule has 0 amide bonds. The Bertz CT molecular complexity index is 116.